The van der Waals surface area contributed by atoms with Crippen LogP contribution in [0.3, 0.4) is 0 Å². The number of rotatable bonds is 3. The van der Waals surface area contributed by atoms with E-state index >= 15 is 0 Å². The van der Waals surface area contributed by atoms with E-state index in [-0.39, 0.29) is 12.2 Å². The van der Waals surface area contributed by atoms with E-state index in [1.807, 2.05) is 24.3 Å². The lowest BCUT2D eigenvalue weighted by Crippen LogP contribution is -2.06. The van der Waals surface area contributed by atoms with Crippen molar-refractivity contribution in [3.8, 4) is 6.07 Å². The van der Waals surface area contributed by atoms with Crippen LogP contribution in [0.25, 0.3) is 0 Å². The predicted octanol–water partition coefficient (Wildman–Crippen LogP) is 2.28. The van der Waals surface area contributed by atoms with Crippen LogP contribution in [-0.2, 0) is 9.53 Å². The van der Waals surface area contributed by atoms with Crippen molar-refractivity contribution in [1.29, 1.82) is 5.26 Å². The smallest absolute Gasteiger partial charge is 0.348 e. The molecule has 3 heteroatoms. The second-order valence-electron chi connectivity index (χ2n) is 3.07. The maximum absolute atomic E-state index is 11.3. The first kappa shape index (κ1) is 11.3. The van der Waals surface area contributed by atoms with Crippen LogP contribution in [0.5, 0.6) is 0 Å². The number of carbonyl (C=O) groups is 1. The highest BCUT2D eigenvalue weighted by Gasteiger charge is 2.09. The molecule has 0 amide bonds. The Balaban J connectivity index is 2.78. The third-order valence-electron chi connectivity index (χ3n) is 1.95. The summed E-state index contributed by atoms with van der Waals surface area (Å²) in [5.41, 5.74) is 0.945. The van der Waals surface area contributed by atoms with Gasteiger partial charge in [-0.2, -0.15) is 5.26 Å². The Hall–Kier alpha value is -1.82. The fourth-order valence-corrected chi connectivity index (χ4v) is 1.25. The predicted molar refractivity (Wildman–Crippen MR) is 56.8 cm³/mol. The molecule has 0 atom stereocenters. The largest absolute Gasteiger partial charge is 0.462 e. The normalized spacial score (nSPS) is 15.5. The fraction of sp³-hybridized carbons (Fsp3) is 0.333. The van der Waals surface area contributed by atoms with Gasteiger partial charge in [-0.25, -0.2) is 4.79 Å². The Kier molecular flexibility index (Phi) is 4.36. The van der Waals surface area contributed by atoms with E-state index in [4.69, 9.17) is 10.00 Å². The molecule has 0 N–H and O–H groups in total. The summed E-state index contributed by atoms with van der Waals surface area (Å²) in [6.07, 6.45) is 9.44. The molecule has 0 radical (unpaired) electrons. The molecule has 0 aromatic rings. The van der Waals surface area contributed by atoms with Crippen LogP contribution in [0.4, 0.5) is 0 Å². The van der Waals surface area contributed by atoms with E-state index < -0.39 is 5.97 Å². The van der Waals surface area contributed by atoms with Gasteiger partial charge in [0.05, 0.1) is 6.61 Å². The van der Waals surface area contributed by atoms with Gasteiger partial charge in [0.25, 0.3) is 0 Å². The Labute approximate surface area is 89.3 Å². The van der Waals surface area contributed by atoms with Crippen molar-refractivity contribution in [3.05, 3.63) is 35.5 Å². The van der Waals surface area contributed by atoms with Gasteiger partial charge in [0.15, 0.2) is 0 Å². The molecule has 15 heavy (non-hydrogen) atoms. The van der Waals surface area contributed by atoms with Crippen molar-refractivity contribution < 1.29 is 9.53 Å². The van der Waals surface area contributed by atoms with Crippen molar-refractivity contribution in [1.82, 2.24) is 0 Å². The van der Waals surface area contributed by atoms with Crippen LogP contribution < -0.4 is 0 Å². The van der Waals surface area contributed by atoms with Crippen LogP contribution in [0.15, 0.2) is 35.5 Å². The summed E-state index contributed by atoms with van der Waals surface area (Å²) >= 11 is 0. The topological polar surface area (TPSA) is 50.1 Å². The zero-order valence-electron chi connectivity index (χ0n) is 8.69. The van der Waals surface area contributed by atoms with Crippen molar-refractivity contribution in [2.75, 3.05) is 6.61 Å². The second kappa shape index (κ2) is 5.82. The van der Waals surface area contributed by atoms with Gasteiger partial charge in [0.1, 0.15) is 11.6 Å². The molecule has 0 saturated heterocycles. The van der Waals surface area contributed by atoms with Crippen LogP contribution >= 0.6 is 0 Å². The van der Waals surface area contributed by atoms with E-state index in [2.05, 4.69) is 0 Å². The first-order valence-corrected chi connectivity index (χ1v) is 4.93. The molecule has 0 saturated carbocycles. The van der Waals surface area contributed by atoms with Gasteiger partial charge >= 0.3 is 5.97 Å². The van der Waals surface area contributed by atoms with Crippen LogP contribution in [0, 0.1) is 11.3 Å². The van der Waals surface area contributed by atoms with Crippen LogP contribution in [0.1, 0.15) is 19.8 Å². The van der Waals surface area contributed by atoms with Gasteiger partial charge in [0.2, 0.25) is 0 Å². The lowest BCUT2D eigenvalue weighted by atomic mass is 10.0. The summed E-state index contributed by atoms with van der Waals surface area (Å²) in [6.45, 7) is 2.00. The standard InChI is InChI=1S/C12H13NO2/c1-2-15-12(14)11(9-13)8-10-6-4-3-5-7-10/h4,6-8H,2-3,5H2,1H3/b11-8+. The summed E-state index contributed by atoms with van der Waals surface area (Å²) in [6, 6.07) is 1.85. The number of esters is 1. The molecule has 1 aliphatic rings. The van der Waals surface area contributed by atoms with E-state index in [0.717, 1.165) is 18.4 Å². The lowest BCUT2D eigenvalue weighted by Gasteiger charge is -2.03. The number of ether oxygens (including phenoxy) is 1. The maximum Gasteiger partial charge on any atom is 0.348 e. The summed E-state index contributed by atoms with van der Waals surface area (Å²) in [4.78, 5) is 11.3. The molecule has 0 bridgehead atoms. The molecule has 0 aliphatic heterocycles. The molecule has 0 unspecified atom stereocenters. The highest BCUT2D eigenvalue weighted by Crippen LogP contribution is 2.13. The minimum Gasteiger partial charge on any atom is -0.462 e. The molecular weight excluding hydrogens is 190 g/mol. The van der Waals surface area contributed by atoms with Crippen molar-refractivity contribution in [2.45, 2.75) is 19.8 Å². The molecule has 1 aliphatic carbocycles. The lowest BCUT2D eigenvalue weighted by molar-refractivity contribution is -0.138. The molecule has 0 heterocycles. The first-order valence-electron chi connectivity index (χ1n) is 4.93. The number of allylic oxidation sites excluding steroid dienone is 5. The Morgan fingerprint density at radius 2 is 2.47 bits per heavy atom. The molecule has 0 fully saturated rings. The van der Waals surface area contributed by atoms with Crippen molar-refractivity contribution in [2.24, 2.45) is 0 Å². The molecule has 78 valence electrons. The van der Waals surface area contributed by atoms with Gasteiger partial charge < -0.3 is 4.74 Å². The summed E-state index contributed by atoms with van der Waals surface area (Å²) in [5, 5.41) is 8.78. The fourth-order valence-electron chi connectivity index (χ4n) is 1.25. The van der Waals surface area contributed by atoms with Gasteiger partial charge in [-0.05, 0) is 31.4 Å². The minimum absolute atomic E-state index is 0.0506. The molecule has 0 aromatic heterocycles. The number of hydrogen-bond donors (Lipinski definition) is 0. The number of nitriles is 1. The van der Waals surface area contributed by atoms with Crippen LogP contribution in [0.2, 0.25) is 0 Å². The van der Waals surface area contributed by atoms with Gasteiger partial charge in [-0.3, -0.25) is 0 Å². The Bertz CT molecular complexity index is 370. The van der Waals surface area contributed by atoms with Gasteiger partial charge in [-0.1, -0.05) is 18.2 Å². The molecule has 1 rings (SSSR count). The Morgan fingerprint density at radius 3 is 3.00 bits per heavy atom. The first-order chi connectivity index (χ1) is 7.27. The SMILES string of the molecule is CCOC(=O)/C(C#N)=C/C1=CCCC=C1. The van der Waals surface area contributed by atoms with Crippen molar-refractivity contribution >= 4 is 5.97 Å². The molecule has 3 nitrogen and oxygen atoms in total. The minimum atomic E-state index is -0.556. The monoisotopic (exact) mass is 203 g/mol. The average molecular weight is 203 g/mol. The molecule has 0 aromatic carbocycles. The second-order valence-corrected chi connectivity index (χ2v) is 3.07. The van der Waals surface area contributed by atoms with Crippen LogP contribution in [-0.4, -0.2) is 12.6 Å². The van der Waals surface area contributed by atoms with E-state index in [1.165, 1.54) is 0 Å². The molecular formula is C12H13NO2. The van der Waals surface area contributed by atoms with Crippen molar-refractivity contribution in [3.63, 3.8) is 0 Å². The zero-order valence-corrected chi connectivity index (χ0v) is 8.69. The van der Waals surface area contributed by atoms with E-state index in [9.17, 15) is 4.79 Å². The molecule has 0 spiro atoms. The van der Waals surface area contributed by atoms with E-state index in [1.54, 1.807) is 13.0 Å². The quantitative estimate of drug-likeness (QED) is 0.401. The third-order valence-corrected chi connectivity index (χ3v) is 1.95. The van der Waals surface area contributed by atoms with Gasteiger partial charge in [0, 0.05) is 0 Å². The maximum atomic E-state index is 11.3. The summed E-state index contributed by atoms with van der Waals surface area (Å²) < 4.78 is 4.76. The third kappa shape index (κ3) is 3.43. The number of carbonyl (C=O) groups excluding carboxylic acids is 1. The average Bonchev–Trinajstić information content (AvgIpc) is 2.27. The highest BCUT2D eigenvalue weighted by atomic mass is 16.5. The highest BCUT2D eigenvalue weighted by molar-refractivity contribution is 5.93. The number of hydrogen-bond acceptors (Lipinski definition) is 3. The van der Waals surface area contributed by atoms with Gasteiger partial charge in [-0.15, -0.1) is 0 Å². The zero-order chi connectivity index (χ0) is 11.1. The summed E-state index contributed by atoms with van der Waals surface area (Å²) in [5.74, 6) is -0.556. The summed E-state index contributed by atoms with van der Waals surface area (Å²) in [7, 11) is 0. The number of nitrogens with zero attached hydrogens (tertiary/aromatic N) is 1. The van der Waals surface area contributed by atoms with E-state index in [0.29, 0.717) is 0 Å². The Morgan fingerprint density at radius 1 is 1.67 bits per heavy atom.